The highest BCUT2D eigenvalue weighted by Crippen LogP contribution is 2.27. The van der Waals surface area contributed by atoms with Crippen molar-refractivity contribution in [1.29, 1.82) is 0 Å². The Kier molecular flexibility index (Phi) is 16.8. The van der Waals surface area contributed by atoms with E-state index in [1.165, 1.54) is 0 Å². The number of hydrogen-bond donors (Lipinski definition) is 7. The molecule has 3 aromatic carbocycles. The second kappa shape index (κ2) is 21.7. The molecule has 2 aliphatic heterocycles. The van der Waals surface area contributed by atoms with Crippen LogP contribution >= 0.6 is 22.6 Å². The zero-order chi connectivity index (χ0) is 39.2. The summed E-state index contributed by atoms with van der Waals surface area (Å²) in [6, 6.07) is 24.6. The lowest BCUT2D eigenvalue weighted by Crippen LogP contribution is -2.29. The van der Waals surface area contributed by atoms with E-state index in [1.807, 2.05) is 49.5 Å². The maximum atomic E-state index is 12.3. The molecule has 0 amide bonds. The summed E-state index contributed by atoms with van der Waals surface area (Å²) in [5, 5.41) is 43.4. The fraction of sp³-hybridized carbons (Fsp3) is 0.512. The van der Waals surface area contributed by atoms with Crippen LogP contribution in [-0.4, -0.2) is 94.9 Å². The second-order valence-corrected chi connectivity index (χ2v) is 16.9. The monoisotopic (exact) mass is 867 g/mol. The molecular formula is C43H58IN5O6. The number of carboxylic acids is 3. The summed E-state index contributed by atoms with van der Waals surface area (Å²) in [7, 11) is 1.88. The Hall–Kier alpha value is -3.56. The Morgan fingerprint density at radius 1 is 0.727 bits per heavy atom. The molecule has 0 aliphatic carbocycles. The number of carbonyl (C=O) groups is 3. The second-order valence-electron chi connectivity index (χ2n) is 15.3. The molecule has 55 heavy (non-hydrogen) atoms. The SMILES string of the molecule is CNCC[C@@H](I)[C@H](Cc1cccc(CN(CCNc2cccc(C[C@H](C(=O)O)[C@H]3CCNC3)c2)Cc2cccc(C[C@H](C(=O)O)[C@H]3CCNC3)c2)c1)C(=O)O. The molecule has 11 nitrogen and oxygen atoms in total. The lowest BCUT2D eigenvalue weighted by atomic mass is 9.86. The highest BCUT2D eigenvalue weighted by molar-refractivity contribution is 14.1. The molecular weight excluding hydrogens is 809 g/mol. The average Bonchev–Trinajstić information content (AvgIpc) is 3.90. The van der Waals surface area contributed by atoms with E-state index in [0.717, 1.165) is 85.5 Å². The Bertz CT molecular complexity index is 1700. The van der Waals surface area contributed by atoms with Crippen LogP contribution in [0.25, 0.3) is 0 Å². The van der Waals surface area contributed by atoms with Crippen LogP contribution in [0.3, 0.4) is 0 Å². The molecule has 7 N–H and O–H groups in total. The van der Waals surface area contributed by atoms with Gasteiger partial charge in [-0.25, -0.2) is 0 Å². The van der Waals surface area contributed by atoms with Crippen molar-refractivity contribution >= 4 is 46.2 Å². The van der Waals surface area contributed by atoms with Gasteiger partial charge in [-0.2, -0.15) is 0 Å². The molecule has 2 fully saturated rings. The number of carboxylic acid groups (broad SMARTS) is 3. The van der Waals surface area contributed by atoms with Crippen molar-refractivity contribution in [2.24, 2.45) is 29.6 Å². The topological polar surface area (TPSA) is 163 Å². The number of nitrogens with zero attached hydrogens (tertiary/aromatic N) is 1. The summed E-state index contributed by atoms with van der Waals surface area (Å²) in [5.41, 5.74) is 6.18. The summed E-state index contributed by atoms with van der Waals surface area (Å²) in [6.45, 7) is 6.61. The van der Waals surface area contributed by atoms with Gasteiger partial charge in [0.2, 0.25) is 0 Å². The van der Waals surface area contributed by atoms with Gasteiger partial charge in [-0.05, 0) is 130 Å². The zero-order valence-corrected chi connectivity index (χ0v) is 34.0. The van der Waals surface area contributed by atoms with E-state index in [-0.39, 0.29) is 15.8 Å². The van der Waals surface area contributed by atoms with E-state index in [4.69, 9.17) is 0 Å². The van der Waals surface area contributed by atoms with Gasteiger partial charge in [-0.15, -0.1) is 0 Å². The number of anilines is 1. The quantitative estimate of drug-likeness (QED) is 0.0498. The normalized spacial score (nSPS) is 19.2. The first-order valence-electron chi connectivity index (χ1n) is 19.7. The van der Waals surface area contributed by atoms with Crippen LogP contribution in [-0.2, 0) is 46.7 Å². The minimum Gasteiger partial charge on any atom is -0.481 e. The fourth-order valence-electron chi connectivity index (χ4n) is 8.17. The third-order valence-corrected chi connectivity index (χ3v) is 12.7. The standard InChI is InChI=1S/C43H58IN5O6/c1-45-14-13-40(44)39(43(54)55)24-30-6-3-9-33(20-30)28-49(27-32-8-2-5-29(19-32)22-37(41(50)51)34-11-15-46-25-34)18-17-48-36-10-4-7-31(21-36)23-38(42(52)53)35-12-16-47-26-35/h2-10,19-21,34-35,37-40,45-48H,11-18,22-28H2,1H3,(H,50,51)(H,52,53)(H,54,55)/t34-,35-,37-,38-,39-,40+/m0/s1. The Morgan fingerprint density at radius 3 is 1.73 bits per heavy atom. The van der Waals surface area contributed by atoms with Gasteiger partial charge in [0.15, 0.2) is 0 Å². The fourth-order valence-corrected chi connectivity index (χ4v) is 9.05. The zero-order valence-electron chi connectivity index (χ0n) is 31.9. The molecule has 3 aromatic rings. The van der Waals surface area contributed by atoms with E-state index in [2.05, 4.69) is 79.1 Å². The van der Waals surface area contributed by atoms with Gasteiger partial charge in [0, 0.05) is 35.8 Å². The number of aliphatic carboxylic acids is 3. The first-order chi connectivity index (χ1) is 26.6. The number of nitrogens with one attached hydrogen (secondary N) is 4. The Labute approximate surface area is 339 Å². The molecule has 2 heterocycles. The van der Waals surface area contributed by atoms with Gasteiger partial charge in [0.25, 0.3) is 0 Å². The Morgan fingerprint density at radius 2 is 1.24 bits per heavy atom. The van der Waals surface area contributed by atoms with Gasteiger partial charge in [-0.3, -0.25) is 19.3 Å². The lowest BCUT2D eigenvalue weighted by molar-refractivity contribution is -0.144. The summed E-state index contributed by atoms with van der Waals surface area (Å²) in [4.78, 5) is 39.1. The average molecular weight is 868 g/mol. The van der Waals surface area contributed by atoms with Crippen LogP contribution in [0.1, 0.15) is 47.1 Å². The van der Waals surface area contributed by atoms with Crippen molar-refractivity contribution in [3.05, 3.63) is 101 Å². The highest BCUT2D eigenvalue weighted by atomic mass is 127. The number of rotatable bonds is 23. The first kappa shape index (κ1) is 42.6. The van der Waals surface area contributed by atoms with E-state index in [9.17, 15) is 29.7 Å². The largest absolute Gasteiger partial charge is 0.481 e. The van der Waals surface area contributed by atoms with E-state index in [0.29, 0.717) is 45.4 Å². The molecule has 2 aliphatic rings. The van der Waals surface area contributed by atoms with Crippen LogP contribution in [0.15, 0.2) is 72.8 Å². The molecule has 0 bridgehead atoms. The van der Waals surface area contributed by atoms with Crippen LogP contribution in [0.5, 0.6) is 0 Å². The van der Waals surface area contributed by atoms with E-state index < -0.39 is 35.7 Å². The molecule has 0 radical (unpaired) electrons. The summed E-state index contributed by atoms with van der Waals surface area (Å²) in [5.74, 6) is -3.35. The number of alkyl halides is 1. The minimum atomic E-state index is -0.777. The first-order valence-corrected chi connectivity index (χ1v) is 20.9. The lowest BCUT2D eigenvalue weighted by Gasteiger charge is -2.25. The number of halogens is 1. The predicted molar refractivity (Wildman–Crippen MR) is 225 cm³/mol. The molecule has 0 spiro atoms. The highest BCUT2D eigenvalue weighted by Gasteiger charge is 2.32. The van der Waals surface area contributed by atoms with Crippen LogP contribution < -0.4 is 21.3 Å². The van der Waals surface area contributed by atoms with Crippen molar-refractivity contribution in [3.63, 3.8) is 0 Å². The number of benzene rings is 3. The van der Waals surface area contributed by atoms with E-state index >= 15 is 0 Å². The van der Waals surface area contributed by atoms with Crippen LogP contribution in [0.4, 0.5) is 5.69 Å². The third-order valence-electron chi connectivity index (χ3n) is 11.2. The molecule has 2 saturated heterocycles. The Balaban J connectivity index is 1.30. The molecule has 6 atom stereocenters. The van der Waals surface area contributed by atoms with Crippen molar-refractivity contribution in [2.45, 2.75) is 55.5 Å². The third kappa shape index (κ3) is 13.3. The van der Waals surface area contributed by atoms with Gasteiger partial charge in [-0.1, -0.05) is 83.3 Å². The molecule has 298 valence electrons. The summed E-state index contributed by atoms with van der Waals surface area (Å²) in [6.07, 6.45) is 3.98. The maximum absolute atomic E-state index is 12.3. The summed E-state index contributed by atoms with van der Waals surface area (Å²) >= 11 is 2.27. The van der Waals surface area contributed by atoms with E-state index in [1.54, 1.807) is 0 Å². The smallest absolute Gasteiger partial charge is 0.307 e. The van der Waals surface area contributed by atoms with Gasteiger partial charge < -0.3 is 36.6 Å². The number of hydrogen-bond acceptors (Lipinski definition) is 8. The molecule has 12 heteroatoms. The van der Waals surface area contributed by atoms with Gasteiger partial charge in [0.05, 0.1) is 17.8 Å². The van der Waals surface area contributed by atoms with Crippen LogP contribution in [0.2, 0.25) is 0 Å². The minimum absolute atomic E-state index is 0.0000510. The van der Waals surface area contributed by atoms with Crippen molar-refractivity contribution < 1.29 is 29.7 Å². The summed E-state index contributed by atoms with van der Waals surface area (Å²) < 4.78 is -0.0000510. The van der Waals surface area contributed by atoms with Crippen molar-refractivity contribution in [1.82, 2.24) is 20.9 Å². The molecule has 0 aromatic heterocycles. The molecule has 0 saturated carbocycles. The van der Waals surface area contributed by atoms with Crippen molar-refractivity contribution in [3.8, 4) is 0 Å². The molecule has 0 unspecified atom stereocenters. The van der Waals surface area contributed by atoms with Crippen molar-refractivity contribution in [2.75, 3.05) is 58.2 Å². The predicted octanol–water partition coefficient (Wildman–Crippen LogP) is 5.16. The maximum Gasteiger partial charge on any atom is 0.307 e. The van der Waals surface area contributed by atoms with Crippen LogP contribution in [0, 0.1) is 29.6 Å². The van der Waals surface area contributed by atoms with Gasteiger partial charge in [0.1, 0.15) is 0 Å². The molecule has 5 rings (SSSR count). The van der Waals surface area contributed by atoms with Gasteiger partial charge >= 0.3 is 17.9 Å².